The van der Waals surface area contributed by atoms with E-state index in [0.717, 1.165) is 6.92 Å². The second-order valence-electron chi connectivity index (χ2n) is 11.8. The van der Waals surface area contributed by atoms with Gasteiger partial charge >= 0.3 is 6.18 Å². The lowest BCUT2D eigenvalue weighted by molar-refractivity contribution is -0.149. The standard InChI is InChI=1S/C29H32Cl2F5N5O2/c1-15(29(34,35)36)38-25(42)18-10-20-22(12-21(18)41-9-8-28(32,33)14-41)40(5)23(39-20)11-17-19(30)7-6-16(24(17)31)13-37-26(43)27(2,3)4/h6-7,10,12,15H,8-9,11,13-14H2,1-5H3,(H,37,43)(H,38,42). The van der Waals surface area contributed by atoms with Crippen LogP contribution in [0.25, 0.3) is 11.0 Å². The van der Waals surface area contributed by atoms with Crippen LogP contribution in [-0.2, 0) is 24.8 Å². The molecule has 234 valence electrons. The molecule has 14 heteroatoms. The van der Waals surface area contributed by atoms with Gasteiger partial charge < -0.3 is 20.1 Å². The van der Waals surface area contributed by atoms with Gasteiger partial charge in [-0.15, -0.1) is 0 Å². The molecule has 1 unspecified atom stereocenters. The summed E-state index contributed by atoms with van der Waals surface area (Å²) in [6, 6.07) is 4.00. The van der Waals surface area contributed by atoms with E-state index in [0.29, 0.717) is 32.5 Å². The van der Waals surface area contributed by atoms with Crippen molar-refractivity contribution in [3.63, 3.8) is 0 Å². The number of benzene rings is 2. The summed E-state index contributed by atoms with van der Waals surface area (Å²) in [5, 5.41) is 5.45. The number of alkyl halides is 5. The molecule has 1 atom stereocenters. The third kappa shape index (κ3) is 7.17. The van der Waals surface area contributed by atoms with Crippen molar-refractivity contribution in [2.24, 2.45) is 12.5 Å². The average molecular weight is 649 g/mol. The van der Waals surface area contributed by atoms with E-state index in [4.69, 9.17) is 23.2 Å². The normalized spacial score (nSPS) is 16.0. The van der Waals surface area contributed by atoms with Gasteiger partial charge in [0.1, 0.15) is 11.9 Å². The summed E-state index contributed by atoms with van der Waals surface area (Å²) in [4.78, 5) is 31.3. The summed E-state index contributed by atoms with van der Waals surface area (Å²) in [7, 11) is 1.69. The molecular weight excluding hydrogens is 616 g/mol. The van der Waals surface area contributed by atoms with Crippen LogP contribution < -0.4 is 15.5 Å². The van der Waals surface area contributed by atoms with Crippen LogP contribution in [0.3, 0.4) is 0 Å². The number of rotatable bonds is 7. The molecule has 1 saturated heterocycles. The van der Waals surface area contributed by atoms with Gasteiger partial charge in [-0.25, -0.2) is 13.8 Å². The maximum atomic E-state index is 14.1. The fourth-order valence-electron chi connectivity index (χ4n) is 4.72. The van der Waals surface area contributed by atoms with Crippen molar-refractivity contribution in [2.75, 3.05) is 18.0 Å². The smallest absolute Gasteiger partial charge is 0.365 e. The second-order valence-corrected chi connectivity index (χ2v) is 12.6. The van der Waals surface area contributed by atoms with Gasteiger partial charge in [0, 0.05) is 43.4 Å². The number of aromatic nitrogens is 2. The van der Waals surface area contributed by atoms with Crippen LogP contribution in [-0.4, -0.2) is 52.6 Å². The van der Waals surface area contributed by atoms with E-state index in [1.165, 1.54) is 17.0 Å². The van der Waals surface area contributed by atoms with Crippen LogP contribution in [0.1, 0.15) is 61.4 Å². The number of hydrogen-bond donors (Lipinski definition) is 2. The first-order valence-electron chi connectivity index (χ1n) is 13.5. The number of imidazole rings is 1. The van der Waals surface area contributed by atoms with E-state index in [-0.39, 0.29) is 42.2 Å². The van der Waals surface area contributed by atoms with Gasteiger partial charge in [-0.1, -0.05) is 50.0 Å². The molecule has 0 spiro atoms. The number of nitrogens with one attached hydrogen (secondary N) is 2. The highest BCUT2D eigenvalue weighted by molar-refractivity contribution is 6.36. The number of hydrogen-bond acceptors (Lipinski definition) is 4. The Kier molecular flexibility index (Phi) is 8.97. The highest BCUT2D eigenvalue weighted by Crippen LogP contribution is 2.36. The van der Waals surface area contributed by atoms with Crippen LogP contribution in [0, 0.1) is 5.41 Å². The van der Waals surface area contributed by atoms with Crippen molar-refractivity contribution in [1.82, 2.24) is 20.2 Å². The van der Waals surface area contributed by atoms with Crippen LogP contribution in [0.5, 0.6) is 0 Å². The number of aryl methyl sites for hydroxylation is 1. The number of amides is 2. The number of carbonyl (C=O) groups is 2. The summed E-state index contributed by atoms with van der Waals surface area (Å²) in [6.45, 7) is 5.57. The van der Waals surface area contributed by atoms with E-state index in [1.807, 2.05) is 5.32 Å². The van der Waals surface area contributed by atoms with Gasteiger partial charge in [-0.3, -0.25) is 9.59 Å². The first-order valence-corrected chi connectivity index (χ1v) is 14.3. The van der Waals surface area contributed by atoms with Crippen molar-refractivity contribution in [3.8, 4) is 0 Å². The Morgan fingerprint density at radius 1 is 1.14 bits per heavy atom. The highest BCUT2D eigenvalue weighted by atomic mass is 35.5. The zero-order valence-corrected chi connectivity index (χ0v) is 25.7. The molecule has 2 N–H and O–H groups in total. The molecule has 3 aromatic rings. The predicted molar refractivity (Wildman–Crippen MR) is 156 cm³/mol. The van der Waals surface area contributed by atoms with Crippen molar-refractivity contribution >= 4 is 51.7 Å². The Hall–Kier alpha value is -3.12. The summed E-state index contributed by atoms with van der Waals surface area (Å²) in [5.74, 6) is -3.77. The van der Waals surface area contributed by atoms with Gasteiger partial charge in [0.05, 0.1) is 33.9 Å². The zero-order chi connectivity index (χ0) is 32.1. The van der Waals surface area contributed by atoms with E-state index < -0.39 is 42.4 Å². The number of fused-ring (bicyclic) bond motifs is 1. The molecule has 1 aliphatic rings. The molecular formula is C29H32Cl2F5N5O2. The molecule has 7 nitrogen and oxygen atoms in total. The van der Waals surface area contributed by atoms with E-state index in [9.17, 15) is 31.5 Å². The molecule has 0 radical (unpaired) electrons. The summed E-state index contributed by atoms with van der Waals surface area (Å²) >= 11 is 13.2. The van der Waals surface area contributed by atoms with Crippen molar-refractivity contribution in [2.45, 2.75) is 65.2 Å². The topological polar surface area (TPSA) is 79.3 Å². The van der Waals surface area contributed by atoms with Crippen molar-refractivity contribution in [3.05, 3.63) is 56.8 Å². The summed E-state index contributed by atoms with van der Waals surface area (Å²) < 4.78 is 69.5. The fourth-order valence-corrected chi connectivity index (χ4v) is 5.29. The minimum atomic E-state index is -4.69. The Morgan fingerprint density at radius 3 is 2.40 bits per heavy atom. The first-order chi connectivity index (χ1) is 19.8. The number of halogens is 7. The minimum absolute atomic E-state index is 0.0813. The fraction of sp³-hybridized carbons (Fsp3) is 0.483. The quantitative estimate of drug-likeness (QED) is 0.281. The molecule has 1 fully saturated rings. The van der Waals surface area contributed by atoms with E-state index in [2.05, 4.69) is 10.3 Å². The summed E-state index contributed by atoms with van der Waals surface area (Å²) in [6.07, 6.45) is -5.01. The molecule has 2 aromatic carbocycles. The van der Waals surface area contributed by atoms with E-state index >= 15 is 0 Å². The Bertz CT molecular complexity index is 1570. The lowest BCUT2D eigenvalue weighted by atomic mass is 9.95. The number of anilines is 1. The average Bonchev–Trinajstić information content (AvgIpc) is 3.41. The molecule has 2 heterocycles. The number of nitrogens with zero attached hydrogens (tertiary/aromatic N) is 3. The lowest BCUT2D eigenvalue weighted by Crippen LogP contribution is -2.43. The largest absolute Gasteiger partial charge is 0.408 e. The van der Waals surface area contributed by atoms with Crippen molar-refractivity contribution < 1.29 is 31.5 Å². The van der Waals surface area contributed by atoms with Crippen LogP contribution in [0.2, 0.25) is 10.0 Å². The van der Waals surface area contributed by atoms with Gasteiger partial charge in [0.15, 0.2) is 0 Å². The molecule has 2 amide bonds. The molecule has 1 aliphatic heterocycles. The van der Waals surface area contributed by atoms with Crippen LogP contribution in [0.15, 0.2) is 24.3 Å². The van der Waals surface area contributed by atoms with Crippen molar-refractivity contribution in [1.29, 1.82) is 0 Å². The minimum Gasteiger partial charge on any atom is -0.365 e. The Balaban J connectivity index is 1.72. The van der Waals surface area contributed by atoms with Gasteiger partial charge in [0.2, 0.25) is 5.91 Å². The molecule has 1 aromatic heterocycles. The van der Waals surface area contributed by atoms with E-state index in [1.54, 1.807) is 44.5 Å². The monoisotopic (exact) mass is 647 g/mol. The highest BCUT2D eigenvalue weighted by Gasteiger charge is 2.41. The van der Waals surface area contributed by atoms with Crippen LogP contribution >= 0.6 is 23.2 Å². The van der Waals surface area contributed by atoms with Gasteiger partial charge in [-0.05, 0) is 36.2 Å². The predicted octanol–water partition coefficient (Wildman–Crippen LogP) is 6.66. The van der Waals surface area contributed by atoms with Crippen LogP contribution in [0.4, 0.5) is 27.6 Å². The SMILES string of the molecule is CC(NC(=O)c1cc2nc(Cc3c(Cl)ccc(CNC(=O)C(C)(C)C)c3Cl)n(C)c2cc1N1CCC(F)(F)C1)C(F)(F)F. The second kappa shape index (κ2) is 11.8. The Labute approximate surface area is 255 Å². The molecule has 0 saturated carbocycles. The zero-order valence-electron chi connectivity index (χ0n) is 24.2. The Morgan fingerprint density at radius 2 is 1.81 bits per heavy atom. The molecule has 0 bridgehead atoms. The lowest BCUT2D eigenvalue weighted by Gasteiger charge is -2.23. The molecule has 0 aliphatic carbocycles. The molecule has 4 rings (SSSR count). The number of carbonyl (C=O) groups excluding carboxylic acids is 2. The maximum absolute atomic E-state index is 14.1. The first kappa shape index (κ1) is 32.8. The molecule has 43 heavy (non-hydrogen) atoms. The maximum Gasteiger partial charge on any atom is 0.408 e. The van der Waals surface area contributed by atoms with Gasteiger partial charge in [-0.2, -0.15) is 13.2 Å². The van der Waals surface area contributed by atoms with Gasteiger partial charge in [0.25, 0.3) is 11.8 Å². The third-order valence-corrected chi connectivity index (χ3v) is 8.23. The third-order valence-electron chi connectivity index (χ3n) is 7.41. The summed E-state index contributed by atoms with van der Waals surface area (Å²) in [5.41, 5.74) is 1.20.